The number of aryl methyl sites for hydroxylation is 2. The van der Waals surface area contributed by atoms with Crippen molar-refractivity contribution in [2.75, 3.05) is 0 Å². The Balaban J connectivity index is 2.26. The van der Waals surface area contributed by atoms with Gasteiger partial charge in [-0.1, -0.05) is 36.2 Å². The summed E-state index contributed by atoms with van der Waals surface area (Å²) < 4.78 is 1.70. The summed E-state index contributed by atoms with van der Waals surface area (Å²) in [4.78, 5) is 19.7. The molecule has 0 spiro atoms. The van der Waals surface area contributed by atoms with Crippen molar-refractivity contribution in [1.82, 2.24) is 9.55 Å². The van der Waals surface area contributed by atoms with Crippen molar-refractivity contribution in [3.05, 3.63) is 49.3 Å². The van der Waals surface area contributed by atoms with Gasteiger partial charge in [0.2, 0.25) is 0 Å². The Morgan fingerprint density at radius 2 is 2.08 bits per heavy atom. The van der Waals surface area contributed by atoms with Gasteiger partial charge in [0.25, 0.3) is 5.56 Å². The van der Waals surface area contributed by atoms with Crippen LogP contribution in [0.25, 0.3) is 21.3 Å². The number of halogens is 2. The lowest BCUT2D eigenvalue weighted by atomic mass is 10.0. The summed E-state index contributed by atoms with van der Waals surface area (Å²) in [5, 5.41) is 10.3. The summed E-state index contributed by atoms with van der Waals surface area (Å²) in [6.45, 7) is 4.46. The van der Waals surface area contributed by atoms with Gasteiger partial charge in [-0.05, 0) is 31.0 Å². The van der Waals surface area contributed by atoms with Crippen molar-refractivity contribution in [2.24, 2.45) is 0 Å². The molecule has 3 aromatic rings. The predicted octanol–water partition coefficient (Wildman–Crippen LogP) is 5.61. The number of hydrogen-bond donors (Lipinski definition) is 0. The third kappa shape index (κ3) is 3.37. The van der Waals surface area contributed by atoms with E-state index in [1.807, 2.05) is 19.9 Å². The van der Waals surface area contributed by atoms with Crippen molar-refractivity contribution in [2.45, 2.75) is 39.7 Å². The van der Waals surface area contributed by atoms with Crippen LogP contribution >= 0.6 is 34.5 Å². The van der Waals surface area contributed by atoms with E-state index in [4.69, 9.17) is 33.4 Å². The van der Waals surface area contributed by atoms with Crippen molar-refractivity contribution in [3.8, 4) is 17.2 Å². The summed E-state index contributed by atoms with van der Waals surface area (Å²) in [6.07, 6.45) is 1.70. The molecule has 0 aliphatic heterocycles. The predicted molar refractivity (Wildman–Crippen MR) is 108 cm³/mol. The van der Waals surface area contributed by atoms with Gasteiger partial charge in [-0.2, -0.15) is 5.26 Å². The zero-order valence-corrected chi connectivity index (χ0v) is 16.8. The third-order valence-corrected chi connectivity index (χ3v) is 6.00. The average molecular weight is 406 g/mol. The SMILES string of the molecule is CCc1nc2sc(C)c(-c3ccc(Cl)c(Cl)c3)c2c(=O)n1CCCC#N. The minimum Gasteiger partial charge on any atom is -0.296 e. The quantitative estimate of drug-likeness (QED) is 0.518. The van der Waals surface area contributed by atoms with Gasteiger partial charge in [0, 0.05) is 29.8 Å². The maximum Gasteiger partial charge on any atom is 0.262 e. The monoisotopic (exact) mass is 405 g/mol. The number of benzene rings is 1. The maximum atomic E-state index is 13.2. The number of nitrogens with zero attached hydrogens (tertiary/aromatic N) is 3. The molecule has 134 valence electrons. The van der Waals surface area contributed by atoms with Crippen LogP contribution in [0.3, 0.4) is 0 Å². The fourth-order valence-corrected chi connectivity index (χ4v) is 4.41. The average Bonchev–Trinajstić information content (AvgIpc) is 2.95. The van der Waals surface area contributed by atoms with Crippen molar-refractivity contribution in [1.29, 1.82) is 5.26 Å². The van der Waals surface area contributed by atoms with Crippen LogP contribution in [0.4, 0.5) is 0 Å². The molecule has 0 amide bonds. The van der Waals surface area contributed by atoms with Gasteiger partial charge >= 0.3 is 0 Å². The molecule has 0 aliphatic rings. The highest BCUT2D eigenvalue weighted by Crippen LogP contribution is 2.38. The van der Waals surface area contributed by atoms with Crippen LogP contribution in [0.1, 0.15) is 30.5 Å². The van der Waals surface area contributed by atoms with Gasteiger partial charge in [-0.25, -0.2) is 4.98 Å². The molecule has 0 N–H and O–H groups in total. The molecule has 0 bridgehead atoms. The van der Waals surface area contributed by atoms with Crippen LogP contribution in [-0.2, 0) is 13.0 Å². The molecule has 0 unspecified atom stereocenters. The molecule has 0 fully saturated rings. The molecular weight excluding hydrogens is 389 g/mol. The van der Waals surface area contributed by atoms with Crippen LogP contribution < -0.4 is 5.56 Å². The summed E-state index contributed by atoms with van der Waals surface area (Å²) in [7, 11) is 0. The molecule has 26 heavy (non-hydrogen) atoms. The highest BCUT2D eigenvalue weighted by molar-refractivity contribution is 7.19. The Morgan fingerprint density at radius 1 is 1.31 bits per heavy atom. The van der Waals surface area contributed by atoms with E-state index in [9.17, 15) is 4.79 Å². The van der Waals surface area contributed by atoms with Crippen molar-refractivity contribution in [3.63, 3.8) is 0 Å². The van der Waals surface area contributed by atoms with Gasteiger partial charge in [0.1, 0.15) is 10.7 Å². The number of hydrogen-bond acceptors (Lipinski definition) is 4. The highest BCUT2D eigenvalue weighted by atomic mass is 35.5. The van der Waals surface area contributed by atoms with Gasteiger partial charge in [0.05, 0.1) is 21.5 Å². The third-order valence-electron chi connectivity index (χ3n) is 4.26. The normalized spacial score (nSPS) is 11.0. The minimum absolute atomic E-state index is 0.0600. The minimum atomic E-state index is -0.0600. The fraction of sp³-hybridized carbons (Fsp3) is 0.316. The second-order valence-corrected chi connectivity index (χ2v) is 7.96. The molecular formula is C19H17Cl2N3OS. The Morgan fingerprint density at radius 3 is 2.73 bits per heavy atom. The second kappa shape index (κ2) is 7.79. The van der Waals surface area contributed by atoms with E-state index in [0.29, 0.717) is 41.2 Å². The van der Waals surface area contributed by atoms with Crippen LogP contribution in [0.2, 0.25) is 10.0 Å². The first-order valence-corrected chi connectivity index (χ1v) is 9.90. The smallest absolute Gasteiger partial charge is 0.262 e. The number of unbranched alkanes of at least 4 members (excludes halogenated alkanes) is 1. The first kappa shape index (κ1) is 18.9. The lowest BCUT2D eigenvalue weighted by Gasteiger charge is -2.11. The van der Waals surface area contributed by atoms with E-state index in [0.717, 1.165) is 26.7 Å². The van der Waals surface area contributed by atoms with E-state index < -0.39 is 0 Å². The largest absolute Gasteiger partial charge is 0.296 e. The molecule has 7 heteroatoms. The van der Waals surface area contributed by atoms with E-state index in [1.54, 1.807) is 16.7 Å². The summed E-state index contributed by atoms with van der Waals surface area (Å²) >= 11 is 13.7. The Kier molecular flexibility index (Phi) is 5.67. The summed E-state index contributed by atoms with van der Waals surface area (Å²) in [5.74, 6) is 0.752. The van der Waals surface area contributed by atoms with Gasteiger partial charge in [0.15, 0.2) is 0 Å². The van der Waals surface area contributed by atoms with Crippen LogP contribution in [-0.4, -0.2) is 9.55 Å². The Bertz CT molecular complexity index is 1080. The molecule has 2 heterocycles. The number of fused-ring (bicyclic) bond motifs is 1. The molecule has 1 aromatic carbocycles. The summed E-state index contributed by atoms with van der Waals surface area (Å²) in [6, 6.07) is 7.52. The van der Waals surface area contributed by atoms with Gasteiger partial charge < -0.3 is 0 Å². The zero-order valence-electron chi connectivity index (χ0n) is 14.5. The number of aromatic nitrogens is 2. The molecule has 0 aliphatic carbocycles. The van der Waals surface area contributed by atoms with E-state index in [1.165, 1.54) is 11.3 Å². The fourth-order valence-electron chi connectivity index (χ4n) is 3.05. The molecule has 0 saturated carbocycles. The van der Waals surface area contributed by atoms with Crippen LogP contribution in [0, 0.1) is 18.3 Å². The topological polar surface area (TPSA) is 58.7 Å². The van der Waals surface area contributed by atoms with E-state index in [-0.39, 0.29) is 5.56 Å². The van der Waals surface area contributed by atoms with Gasteiger partial charge in [-0.15, -0.1) is 11.3 Å². The van der Waals surface area contributed by atoms with E-state index in [2.05, 4.69) is 6.07 Å². The zero-order chi connectivity index (χ0) is 18.8. The van der Waals surface area contributed by atoms with E-state index >= 15 is 0 Å². The maximum absolute atomic E-state index is 13.2. The van der Waals surface area contributed by atoms with Gasteiger partial charge in [-0.3, -0.25) is 9.36 Å². The highest BCUT2D eigenvalue weighted by Gasteiger charge is 2.19. The second-order valence-electron chi connectivity index (χ2n) is 5.94. The Labute approximate surface area is 165 Å². The van der Waals surface area contributed by atoms with Crippen LogP contribution in [0.5, 0.6) is 0 Å². The molecule has 0 atom stereocenters. The number of nitriles is 1. The lowest BCUT2D eigenvalue weighted by Crippen LogP contribution is -2.25. The molecule has 0 saturated heterocycles. The first-order valence-electron chi connectivity index (χ1n) is 8.33. The molecule has 2 aromatic heterocycles. The van der Waals surface area contributed by atoms with Crippen molar-refractivity contribution < 1.29 is 0 Å². The van der Waals surface area contributed by atoms with Crippen molar-refractivity contribution >= 4 is 44.8 Å². The molecule has 3 rings (SSSR count). The molecule has 4 nitrogen and oxygen atoms in total. The standard InChI is InChI=1S/C19H17Cl2N3OS/c1-3-15-23-18-17(19(25)24(15)9-5-4-8-22)16(11(2)26-18)12-6-7-13(20)14(21)10-12/h6-7,10H,3-5,9H2,1-2H3. The number of rotatable bonds is 5. The Hall–Kier alpha value is -1.87. The summed E-state index contributed by atoms with van der Waals surface area (Å²) in [5.41, 5.74) is 1.66. The van der Waals surface area contributed by atoms with Crippen LogP contribution in [0.15, 0.2) is 23.0 Å². The number of thiophene rings is 1. The molecule has 0 radical (unpaired) electrons. The first-order chi connectivity index (χ1) is 12.5. The lowest BCUT2D eigenvalue weighted by molar-refractivity contribution is 0.594.